The molecule has 2 N–H and O–H groups in total. The number of halogens is 2. The molecule has 172 valence electrons. The highest BCUT2D eigenvalue weighted by Crippen LogP contribution is 2.30. The van der Waals surface area contributed by atoms with E-state index in [0.29, 0.717) is 18.7 Å². The molecule has 0 fully saturated rings. The van der Waals surface area contributed by atoms with Gasteiger partial charge in [0.1, 0.15) is 6.04 Å². The molecule has 0 aliphatic carbocycles. The van der Waals surface area contributed by atoms with Crippen LogP contribution in [0.3, 0.4) is 0 Å². The van der Waals surface area contributed by atoms with Gasteiger partial charge in [-0.15, -0.1) is 0 Å². The third-order valence-electron chi connectivity index (χ3n) is 5.15. The molecular formula is C22H25F2N3O4S. The number of fused-ring (bicyclic) bond motifs is 1. The summed E-state index contributed by atoms with van der Waals surface area (Å²) in [5, 5.41) is 2.43. The van der Waals surface area contributed by atoms with E-state index in [1.54, 1.807) is 11.0 Å². The Kier molecular flexibility index (Phi) is 6.94. The molecule has 0 bridgehead atoms. The lowest BCUT2D eigenvalue weighted by Crippen LogP contribution is -2.44. The standard InChI is InChI=1S/C22H25F2N3O4S/c1-13(2)10-20(22(29)25-16-4-6-18(23)19(24)12-16)26-32(30,31)17-5-7-21-15(11-17)8-9-27(21)14(3)28/h4-7,11-13,20,26H,8-10H2,1-3H3,(H,25,29). The third kappa shape index (κ3) is 5.31. The van der Waals surface area contributed by atoms with Crippen molar-refractivity contribution in [3.63, 3.8) is 0 Å². The summed E-state index contributed by atoms with van der Waals surface area (Å²) in [7, 11) is -4.06. The van der Waals surface area contributed by atoms with Crippen LogP contribution in [0.5, 0.6) is 0 Å². The number of nitrogens with zero attached hydrogens (tertiary/aromatic N) is 1. The second-order valence-electron chi connectivity index (χ2n) is 8.13. The molecule has 1 heterocycles. The fourth-order valence-electron chi connectivity index (χ4n) is 3.61. The van der Waals surface area contributed by atoms with Crippen LogP contribution in [0.25, 0.3) is 0 Å². The molecule has 2 amide bonds. The lowest BCUT2D eigenvalue weighted by atomic mass is 10.0. The Morgan fingerprint density at radius 1 is 1.09 bits per heavy atom. The van der Waals surface area contributed by atoms with Crippen LogP contribution in [0.1, 0.15) is 32.8 Å². The molecule has 0 radical (unpaired) electrons. The molecule has 2 aromatic carbocycles. The number of carbonyl (C=O) groups excluding carboxylic acids is 2. The lowest BCUT2D eigenvalue weighted by molar-refractivity contribution is -0.118. The maximum atomic E-state index is 13.5. The highest BCUT2D eigenvalue weighted by atomic mass is 32.2. The minimum absolute atomic E-state index is 0.0173. The molecule has 0 aromatic heterocycles. The number of sulfonamides is 1. The normalized spacial score (nSPS) is 14.4. The average molecular weight is 466 g/mol. The molecular weight excluding hydrogens is 440 g/mol. The van der Waals surface area contributed by atoms with Crippen LogP contribution in [-0.4, -0.2) is 32.8 Å². The van der Waals surface area contributed by atoms with Gasteiger partial charge in [-0.2, -0.15) is 4.72 Å². The Balaban J connectivity index is 1.82. The monoisotopic (exact) mass is 465 g/mol. The zero-order chi connectivity index (χ0) is 23.6. The van der Waals surface area contributed by atoms with Gasteiger partial charge in [0.05, 0.1) is 4.90 Å². The van der Waals surface area contributed by atoms with E-state index >= 15 is 0 Å². The molecule has 1 unspecified atom stereocenters. The topological polar surface area (TPSA) is 95.6 Å². The van der Waals surface area contributed by atoms with Crippen molar-refractivity contribution in [3.8, 4) is 0 Å². The van der Waals surface area contributed by atoms with Crippen LogP contribution >= 0.6 is 0 Å². The van der Waals surface area contributed by atoms with Crippen molar-refractivity contribution in [2.75, 3.05) is 16.8 Å². The summed E-state index contributed by atoms with van der Waals surface area (Å²) in [4.78, 5) is 26.0. The Morgan fingerprint density at radius 3 is 2.44 bits per heavy atom. The average Bonchev–Trinajstić information content (AvgIpc) is 3.13. The third-order valence-corrected chi connectivity index (χ3v) is 6.61. The fraction of sp³-hybridized carbons (Fsp3) is 0.364. The van der Waals surface area contributed by atoms with Crippen molar-refractivity contribution in [2.24, 2.45) is 5.92 Å². The SMILES string of the molecule is CC(=O)N1CCc2cc(S(=O)(=O)NC(CC(C)C)C(=O)Nc3ccc(F)c(F)c3)ccc21. The second kappa shape index (κ2) is 9.33. The van der Waals surface area contributed by atoms with Crippen molar-refractivity contribution < 1.29 is 26.8 Å². The summed E-state index contributed by atoms with van der Waals surface area (Å²) >= 11 is 0. The van der Waals surface area contributed by atoms with Gasteiger partial charge in [0, 0.05) is 30.9 Å². The van der Waals surface area contributed by atoms with Gasteiger partial charge in [0.2, 0.25) is 21.8 Å². The van der Waals surface area contributed by atoms with E-state index in [1.165, 1.54) is 25.1 Å². The summed E-state index contributed by atoms with van der Waals surface area (Å²) in [5.41, 5.74) is 1.42. The number of amides is 2. The Bertz CT molecular complexity index is 1150. The largest absolute Gasteiger partial charge is 0.325 e. The van der Waals surface area contributed by atoms with Gasteiger partial charge in [-0.05, 0) is 54.7 Å². The number of nitrogens with one attached hydrogen (secondary N) is 2. The molecule has 0 saturated carbocycles. The van der Waals surface area contributed by atoms with Crippen LogP contribution in [0.2, 0.25) is 0 Å². The van der Waals surface area contributed by atoms with Crippen molar-refractivity contribution in [1.29, 1.82) is 0 Å². The second-order valence-corrected chi connectivity index (χ2v) is 9.85. The van der Waals surface area contributed by atoms with E-state index in [2.05, 4.69) is 10.0 Å². The van der Waals surface area contributed by atoms with E-state index in [9.17, 15) is 26.8 Å². The van der Waals surface area contributed by atoms with Crippen molar-refractivity contribution >= 4 is 33.2 Å². The first-order chi connectivity index (χ1) is 15.0. The van der Waals surface area contributed by atoms with Crippen LogP contribution in [0.4, 0.5) is 20.2 Å². The van der Waals surface area contributed by atoms with Crippen molar-refractivity contribution in [2.45, 2.75) is 44.6 Å². The summed E-state index contributed by atoms with van der Waals surface area (Å²) in [5.74, 6) is -3.01. The minimum Gasteiger partial charge on any atom is -0.325 e. The maximum absolute atomic E-state index is 13.5. The Hall–Kier alpha value is -2.85. The fourth-order valence-corrected chi connectivity index (χ4v) is 4.87. The summed E-state index contributed by atoms with van der Waals surface area (Å²) in [6.07, 6.45) is 0.724. The first-order valence-electron chi connectivity index (χ1n) is 10.2. The van der Waals surface area contributed by atoms with Crippen LogP contribution in [0.15, 0.2) is 41.3 Å². The molecule has 3 rings (SSSR count). The first kappa shape index (κ1) is 23.8. The van der Waals surface area contributed by atoms with Gasteiger partial charge >= 0.3 is 0 Å². The predicted octanol–water partition coefficient (Wildman–Crippen LogP) is 3.21. The number of hydrogen-bond donors (Lipinski definition) is 2. The lowest BCUT2D eigenvalue weighted by Gasteiger charge is -2.21. The van der Waals surface area contributed by atoms with E-state index in [1.807, 2.05) is 13.8 Å². The van der Waals surface area contributed by atoms with Gasteiger partial charge in [-0.1, -0.05) is 13.8 Å². The zero-order valence-corrected chi connectivity index (χ0v) is 18.8. The van der Waals surface area contributed by atoms with Crippen LogP contribution in [0, 0.1) is 17.6 Å². The molecule has 0 saturated heterocycles. The number of hydrogen-bond acceptors (Lipinski definition) is 4. The predicted molar refractivity (Wildman–Crippen MR) is 117 cm³/mol. The minimum atomic E-state index is -4.06. The Labute approximate surface area is 185 Å². The molecule has 1 aliphatic rings. The van der Waals surface area contributed by atoms with E-state index < -0.39 is 33.6 Å². The van der Waals surface area contributed by atoms with Crippen molar-refractivity contribution in [3.05, 3.63) is 53.6 Å². The maximum Gasteiger partial charge on any atom is 0.242 e. The van der Waals surface area contributed by atoms with Gasteiger partial charge in [-0.25, -0.2) is 17.2 Å². The van der Waals surface area contributed by atoms with Crippen LogP contribution < -0.4 is 14.9 Å². The Morgan fingerprint density at radius 2 is 1.81 bits per heavy atom. The van der Waals surface area contributed by atoms with Crippen LogP contribution in [-0.2, 0) is 26.0 Å². The zero-order valence-electron chi connectivity index (χ0n) is 18.0. The van der Waals surface area contributed by atoms with E-state index in [4.69, 9.17) is 0 Å². The molecule has 32 heavy (non-hydrogen) atoms. The highest BCUT2D eigenvalue weighted by Gasteiger charge is 2.29. The smallest absolute Gasteiger partial charge is 0.242 e. The van der Waals surface area contributed by atoms with Gasteiger partial charge in [-0.3, -0.25) is 9.59 Å². The first-order valence-corrected chi connectivity index (χ1v) is 11.7. The van der Waals surface area contributed by atoms with E-state index in [0.717, 1.165) is 17.7 Å². The van der Waals surface area contributed by atoms with Crippen molar-refractivity contribution in [1.82, 2.24) is 4.72 Å². The molecule has 1 atom stereocenters. The number of carbonyl (C=O) groups is 2. The molecule has 1 aliphatic heterocycles. The van der Waals surface area contributed by atoms with Gasteiger partial charge in [0.15, 0.2) is 11.6 Å². The summed E-state index contributed by atoms with van der Waals surface area (Å²) in [6, 6.07) is 6.24. The molecule has 10 heteroatoms. The van der Waals surface area contributed by atoms with Gasteiger partial charge in [0.25, 0.3) is 0 Å². The summed E-state index contributed by atoms with van der Waals surface area (Å²) in [6.45, 7) is 5.59. The molecule has 7 nitrogen and oxygen atoms in total. The quantitative estimate of drug-likeness (QED) is 0.657. The highest BCUT2D eigenvalue weighted by molar-refractivity contribution is 7.89. The number of rotatable bonds is 7. The summed E-state index contributed by atoms with van der Waals surface area (Å²) < 4.78 is 55.0. The molecule has 2 aromatic rings. The molecule has 0 spiro atoms. The number of anilines is 2. The number of benzene rings is 2. The van der Waals surface area contributed by atoms with Gasteiger partial charge < -0.3 is 10.2 Å². The van der Waals surface area contributed by atoms with E-state index in [-0.39, 0.29) is 28.8 Å².